The lowest BCUT2D eigenvalue weighted by Crippen LogP contribution is -1.97. The standard InChI is InChI=1S/C12H12BrN3O/c1-17-10-7-8(14)5-6-9(10)15-12-4-2-3-11(13)16-12/h2-7H,14H2,1H3,(H,15,16). The van der Waals surface area contributed by atoms with Crippen molar-refractivity contribution in [1.82, 2.24) is 4.98 Å². The lowest BCUT2D eigenvalue weighted by molar-refractivity contribution is 0.417. The van der Waals surface area contributed by atoms with Gasteiger partial charge in [0.2, 0.25) is 0 Å². The van der Waals surface area contributed by atoms with Crippen molar-refractivity contribution in [2.24, 2.45) is 0 Å². The molecule has 5 heteroatoms. The van der Waals surface area contributed by atoms with Crippen molar-refractivity contribution in [3.05, 3.63) is 41.0 Å². The van der Waals surface area contributed by atoms with E-state index in [1.165, 1.54) is 0 Å². The lowest BCUT2D eigenvalue weighted by Gasteiger charge is -2.11. The zero-order valence-corrected chi connectivity index (χ0v) is 10.9. The summed E-state index contributed by atoms with van der Waals surface area (Å²) in [6.45, 7) is 0. The van der Waals surface area contributed by atoms with Crippen molar-refractivity contribution >= 4 is 33.1 Å². The maximum atomic E-state index is 5.69. The molecule has 4 nitrogen and oxygen atoms in total. The molecule has 2 aromatic rings. The summed E-state index contributed by atoms with van der Waals surface area (Å²) in [4.78, 5) is 4.29. The van der Waals surface area contributed by atoms with Crippen LogP contribution in [0.5, 0.6) is 5.75 Å². The Kier molecular flexibility index (Phi) is 3.49. The number of nitrogens with one attached hydrogen (secondary N) is 1. The van der Waals surface area contributed by atoms with E-state index in [1.54, 1.807) is 13.2 Å². The SMILES string of the molecule is COc1cc(N)ccc1Nc1cccc(Br)n1. The smallest absolute Gasteiger partial charge is 0.144 e. The van der Waals surface area contributed by atoms with Gasteiger partial charge in [-0.25, -0.2) is 4.98 Å². The van der Waals surface area contributed by atoms with E-state index in [1.807, 2.05) is 30.3 Å². The van der Waals surface area contributed by atoms with Crippen molar-refractivity contribution < 1.29 is 4.74 Å². The Morgan fingerprint density at radius 1 is 1.29 bits per heavy atom. The fourth-order valence-electron chi connectivity index (χ4n) is 1.43. The van der Waals surface area contributed by atoms with Crippen molar-refractivity contribution in [2.75, 3.05) is 18.2 Å². The first-order valence-electron chi connectivity index (χ1n) is 5.02. The van der Waals surface area contributed by atoms with Crippen LogP contribution >= 0.6 is 15.9 Å². The van der Waals surface area contributed by atoms with Gasteiger partial charge >= 0.3 is 0 Å². The number of nitrogens with two attached hydrogens (primary N) is 1. The Morgan fingerprint density at radius 2 is 2.12 bits per heavy atom. The number of methoxy groups -OCH3 is 1. The number of nitrogens with zero attached hydrogens (tertiary/aromatic N) is 1. The van der Waals surface area contributed by atoms with Gasteiger partial charge in [0.25, 0.3) is 0 Å². The predicted molar refractivity (Wildman–Crippen MR) is 72.6 cm³/mol. The zero-order valence-electron chi connectivity index (χ0n) is 9.27. The molecular weight excluding hydrogens is 282 g/mol. The minimum absolute atomic E-state index is 0.662. The minimum Gasteiger partial charge on any atom is -0.494 e. The number of ether oxygens (including phenoxy) is 1. The van der Waals surface area contributed by atoms with Gasteiger partial charge in [0.1, 0.15) is 16.2 Å². The van der Waals surface area contributed by atoms with Gasteiger partial charge in [-0.05, 0) is 40.2 Å². The molecule has 1 heterocycles. The summed E-state index contributed by atoms with van der Waals surface area (Å²) in [5.41, 5.74) is 7.18. The first kappa shape index (κ1) is 11.7. The molecule has 0 aliphatic rings. The predicted octanol–water partition coefficient (Wildman–Crippen LogP) is 3.18. The molecule has 0 aliphatic heterocycles. The average Bonchev–Trinajstić information content (AvgIpc) is 2.31. The van der Waals surface area contributed by atoms with E-state index in [2.05, 4.69) is 26.2 Å². The van der Waals surface area contributed by atoms with Crippen molar-refractivity contribution in [3.63, 3.8) is 0 Å². The van der Waals surface area contributed by atoms with Crippen LogP contribution in [-0.2, 0) is 0 Å². The number of nitrogen functional groups attached to an aromatic ring is 1. The molecule has 0 radical (unpaired) electrons. The zero-order chi connectivity index (χ0) is 12.3. The number of hydrogen-bond acceptors (Lipinski definition) is 4. The van der Waals surface area contributed by atoms with Crippen LogP contribution in [0.1, 0.15) is 0 Å². The largest absolute Gasteiger partial charge is 0.494 e. The number of anilines is 3. The Bertz CT molecular complexity index is 531. The summed E-state index contributed by atoms with van der Waals surface area (Å²) in [6.07, 6.45) is 0. The summed E-state index contributed by atoms with van der Waals surface area (Å²) in [5.74, 6) is 1.43. The second kappa shape index (κ2) is 5.05. The fraction of sp³-hybridized carbons (Fsp3) is 0.0833. The van der Waals surface area contributed by atoms with Crippen LogP contribution in [0.2, 0.25) is 0 Å². The molecule has 88 valence electrons. The Balaban J connectivity index is 2.29. The van der Waals surface area contributed by atoms with Crippen LogP contribution in [-0.4, -0.2) is 12.1 Å². The van der Waals surface area contributed by atoms with Gasteiger partial charge in [0.05, 0.1) is 12.8 Å². The number of pyridine rings is 1. The third-order valence-corrected chi connectivity index (χ3v) is 2.65. The molecule has 0 amide bonds. The lowest BCUT2D eigenvalue weighted by atomic mass is 10.2. The monoisotopic (exact) mass is 293 g/mol. The molecule has 0 atom stereocenters. The molecule has 0 saturated heterocycles. The molecule has 0 aliphatic carbocycles. The first-order chi connectivity index (χ1) is 8.19. The molecule has 0 bridgehead atoms. The third kappa shape index (κ3) is 2.88. The van der Waals surface area contributed by atoms with Gasteiger partial charge in [-0.1, -0.05) is 6.07 Å². The van der Waals surface area contributed by atoms with Crippen molar-refractivity contribution in [3.8, 4) is 5.75 Å². The molecule has 0 spiro atoms. The maximum absolute atomic E-state index is 5.69. The Hall–Kier alpha value is -1.75. The quantitative estimate of drug-likeness (QED) is 0.674. The third-order valence-electron chi connectivity index (χ3n) is 2.20. The second-order valence-electron chi connectivity index (χ2n) is 3.43. The highest BCUT2D eigenvalue weighted by atomic mass is 79.9. The topological polar surface area (TPSA) is 60.2 Å². The molecule has 0 fully saturated rings. The number of rotatable bonds is 3. The van der Waals surface area contributed by atoms with Crippen LogP contribution < -0.4 is 15.8 Å². The number of hydrogen-bond donors (Lipinski definition) is 2. The van der Waals surface area contributed by atoms with Crippen LogP contribution in [0.3, 0.4) is 0 Å². The van der Waals surface area contributed by atoms with E-state index < -0.39 is 0 Å². The Labute approximate surface area is 108 Å². The summed E-state index contributed by atoms with van der Waals surface area (Å²) in [5, 5.41) is 3.17. The van der Waals surface area contributed by atoms with Crippen LogP contribution in [0.25, 0.3) is 0 Å². The second-order valence-corrected chi connectivity index (χ2v) is 4.24. The van der Waals surface area contributed by atoms with Gasteiger partial charge < -0.3 is 15.8 Å². The van der Waals surface area contributed by atoms with E-state index in [9.17, 15) is 0 Å². The number of aromatic nitrogens is 1. The molecule has 0 saturated carbocycles. The summed E-state index contributed by atoms with van der Waals surface area (Å²) in [7, 11) is 1.61. The highest BCUT2D eigenvalue weighted by Crippen LogP contribution is 2.29. The van der Waals surface area contributed by atoms with Crippen molar-refractivity contribution in [1.29, 1.82) is 0 Å². The molecule has 3 N–H and O–H groups in total. The summed E-state index contributed by atoms with van der Waals surface area (Å²) >= 11 is 3.32. The minimum atomic E-state index is 0.662. The van der Waals surface area contributed by atoms with Gasteiger partial charge in [0, 0.05) is 11.8 Å². The summed E-state index contributed by atoms with van der Waals surface area (Å²) < 4.78 is 6.02. The fourth-order valence-corrected chi connectivity index (χ4v) is 1.77. The molecule has 1 aromatic heterocycles. The van der Waals surface area contributed by atoms with Gasteiger partial charge in [-0.2, -0.15) is 0 Å². The molecule has 17 heavy (non-hydrogen) atoms. The van der Waals surface area contributed by atoms with E-state index in [0.29, 0.717) is 11.4 Å². The Morgan fingerprint density at radius 3 is 2.82 bits per heavy atom. The van der Waals surface area contributed by atoms with E-state index in [-0.39, 0.29) is 0 Å². The first-order valence-corrected chi connectivity index (χ1v) is 5.81. The van der Waals surface area contributed by atoms with Crippen molar-refractivity contribution in [2.45, 2.75) is 0 Å². The molecule has 2 rings (SSSR count). The van der Waals surface area contributed by atoms with E-state index in [0.717, 1.165) is 16.1 Å². The average molecular weight is 294 g/mol. The van der Waals surface area contributed by atoms with Gasteiger partial charge in [-0.15, -0.1) is 0 Å². The molecule has 0 unspecified atom stereocenters. The molecular formula is C12H12BrN3O. The molecule has 1 aromatic carbocycles. The van der Waals surface area contributed by atoms with Gasteiger partial charge in [-0.3, -0.25) is 0 Å². The van der Waals surface area contributed by atoms with Crippen LogP contribution in [0.4, 0.5) is 17.2 Å². The number of halogens is 1. The van der Waals surface area contributed by atoms with Gasteiger partial charge in [0.15, 0.2) is 0 Å². The maximum Gasteiger partial charge on any atom is 0.144 e. The van der Waals surface area contributed by atoms with Crippen LogP contribution in [0, 0.1) is 0 Å². The highest BCUT2D eigenvalue weighted by molar-refractivity contribution is 9.10. The highest BCUT2D eigenvalue weighted by Gasteiger charge is 2.04. The van der Waals surface area contributed by atoms with E-state index in [4.69, 9.17) is 10.5 Å². The summed E-state index contributed by atoms with van der Waals surface area (Å²) in [6, 6.07) is 11.1. The number of benzene rings is 1. The van der Waals surface area contributed by atoms with Crippen LogP contribution in [0.15, 0.2) is 41.0 Å². The van der Waals surface area contributed by atoms with E-state index >= 15 is 0 Å². The normalized spacial score (nSPS) is 10.0.